The molecule has 0 unspecified atom stereocenters. The fraction of sp³-hybridized carbons (Fsp3) is 0.300. The molecule has 1 fully saturated rings. The highest BCUT2D eigenvalue weighted by molar-refractivity contribution is 6.35. The standard InChI is InChI=1S/C20H20Cl2N2O4/c1-27-16-7-5-15(6-8-16)24(13-23-10-2-3-19(23)25)20(26)12-28-18-9-4-14(21)11-17(18)22/h4-9,11H,2-3,10,12-13H2,1H3. The second-order valence-corrected chi connectivity index (χ2v) is 7.13. The van der Waals surface area contributed by atoms with Crippen LogP contribution in [0.2, 0.25) is 10.0 Å². The average molecular weight is 423 g/mol. The molecule has 1 aliphatic rings. The van der Waals surface area contributed by atoms with E-state index in [2.05, 4.69) is 0 Å². The monoisotopic (exact) mass is 422 g/mol. The molecule has 1 saturated heterocycles. The molecule has 2 aromatic carbocycles. The van der Waals surface area contributed by atoms with Crippen LogP contribution in [-0.2, 0) is 9.59 Å². The number of nitrogens with zero attached hydrogens (tertiary/aromatic N) is 2. The highest BCUT2D eigenvalue weighted by Crippen LogP contribution is 2.28. The van der Waals surface area contributed by atoms with Crippen molar-refractivity contribution in [3.63, 3.8) is 0 Å². The molecule has 28 heavy (non-hydrogen) atoms. The minimum atomic E-state index is -0.295. The summed E-state index contributed by atoms with van der Waals surface area (Å²) in [7, 11) is 1.57. The number of anilines is 1. The van der Waals surface area contributed by atoms with Crippen molar-refractivity contribution in [2.45, 2.75) is 12.8 Å². The third kappa shape index (κ3) is 4.88. The maximum Gasteiger partial charge on any atom is 0.266 e. The molecule has 148 valence electrons. The van der Waals surface area contributed by atoms with Crippen LogP contribution in [0.5, 0.6) is 11.5 Å². The summed E-state index contributed by atoms with van der Waals surface area (Å²) in [5.41, 5.74) is 0.649. The summed E-state index contributed by atoms with van der Waals surface area (Å²) >= 11 is 12.0. The summed E-state index contributed by atoms with van der Waals surface area (Å²) in [6, 6.07) is 11.9. The van der Waals surface area contributed by atoms with Gasteiger partial charge >= 0.3 is 0 Å². The Morgan fingerprint density at radius 3 is 2.54 bits per heavy atom. The summed E-state index contributed by atoms with van der Waals surface area (Å²) < 4.78 is 10.8. The second kappa shape index (κ2) is 9.17. The highest BCUT2D eigenvalue weighted by Gasteiger charge is 2.26. The molecule has 0 bridgehead atoms. The Morgan fingerprint density at radius 1 is 1.18 bits per heavy atom. The van der Waals surface area contributed by atoms with E-state index in [1.807, 2.05) is 0 Å². The number of rotatable bonds is 7. The van der Waals surface area contributed by atoms with Gasteiger partial charge in [0.15, 0.2) is 6.61 Å². The molecule has 3 rings (SSSR count). The summed E-state index contributed by atoms with van der Waals surface area (Å²) in [4.78, 5) is 28.1. The van der Waals surface area contributed by atoms with Gasteiger partial charge < -0.3 is 14.4 Å². The van der Waals surface area contributed by atoms with Crippen LogP contribution in [0.3, 0.4) is 0 Å². The minimum absolute atomic E-state index is 0.0352. The van der Waals surface area contributed by atoms with Gasteiger partial charge in [-0.05, 0) is 48.9 Å². The van der Waals surface area contributed by atoms with Gasteiger partial charge in [-0.15, -0.1) is 0 Å². The lowest BCUT2D eigenvalue weighted by atomic mass is 10.2. The van der Waals surface area contributed by atoms with Gasteiger partial charge in [0.25, 0.3) is 5.91 Å². The number of carbonyl (C=O) groups excluding carboxylic acids is 2. The molecule has 1 heterocycles. The normalized spacial score (nSPS) is 13.5. The lowest BCUT2D eigenvalue weighted by Gasteiger charge is -2.28. The SMILES string of the molecule is COc1ccc(N(CN2CCCC2=O)C(=O)COc2ccc(Cl)cc2Cl)cc1. The number of benzene rings is 2. The van der Waals surface area contributed by atoms with E-state index in [4.69, 9.17) is 32.7 Å². The van der Waals surface area contributed by atoms with Crippen molar-refractivity contribution in [2.24, 2.45) is 0 Å². The number of amides is 2. The maximum atomic E-state index is 12.9. The molecule has 0 spiro atoms. The van der Waals surface area contributed by atoms with Crippen LogP contribution in [0.25, 0.3) is 0 Å². The lowest BCUT2D eigenvalue weighted by molar-refractivity contribution is -0.128. The summed E-state index contributed by atoms with van der Waals surface area (Å²) in [6.07, 6.45) is 1.29. The van der Waals surface area contributed by atoms with Crippen LogP contribution in [0.4, 0.5) is 5.69 Å². The average Bonchev–Trinajstić information content (AvgIpc) is 3.10. The molecule has 0 radical (unpaired) electrons. The third-order valence-electron chi connectivity index (χ3n) is 4.41. The van der Waals surface area contributed by atoms with E-state index >= 15 is 0 Å². The van der Waals surface area contributed by atoms with Crippen molar-refractivity contribution in [3.05, 3.63) is 52.5 Å². The zero-order chi connectivity index (χ0) is 20.1. The maximum absolute atomic E-state index is 12.9. The molecular weight excluding hydrogens is 403 g/mol. The molecule has 0 saturated carbocycles. The Labute approximate surface area is 173 Å². The largest absolute Gasteiger partial charge is 0.497 e. The summed E-state index contributed by atoms with van der Waals surface area (Å²) in [6.45, 7) is 0.569. The highest BCUT2D eigenvalue weighted by atomic mass is 35.5. The van der Waals surface area contributed by atoms with Crippen LogP contribution < -0.4 is 14.4 Å². The number of carbonyl (C=O) groups is 2. The Hall–Kier alpha value is -2.44. The van der Waals surface area contributed by atoms with Gasteiger partial charge in [-0.1, -0.05) is 23.2 Å². The van der Waals surface area contributed by atoms with Gasteiger partial charge in [0.05, 0.1) is 12.1 Å². The zero-order valence-corrected chi connectivity index (χ0v) is 16.9. The molecule has 1 aliphatic heterocycles. The fourth-order valence-corrected chi connectivity index (χ4v) is 3.36. The predicted molar refractivity (Wildman–Crippen MR) is 108 cm³/mol. The zero-order valence-electron chi connectivity index (χ0n) is 15.4. The van der Waals surface area contributed by atoms with E-state index in [9.17, 15) is 9.59 Å². The molecule has 8 heteroatoms. The van der Waals surface area contributed by atoms with E-state index in [0.717, 1.165) is 6.42 Å². The van der Waals surface area contributed by atoms with Crippen molar-refractivity contribution < 1.29 is 19.1 Å². The number of ether oxygens (including phenoxy) is 2. The first-order valence-corrected chi connectivity index (χ1v) is 9.53. The van der Waals surface area contributed by atoms with Crippen LogP contribution in [0.15, 0.2) is 42.5 Å². The number of likely N-dealkylation sites (tertiary alicyclic amines) is 1. The quantitative estimate of drug-likeness (QED) is 0.676. The first-order valence-electron chi connectivity index (χ1n) is 8.78. The molecule has 6 nitrogen and oxygen atoms in total. The molecule has 0 atom stereocenters. The Kier molecular flexibility index (Phi) is 6.65. The van der Waals surface area contributed by atoms with Gasteiger partial charge in [0, 0.05) is 23.7 Å². The van der Waals surface area contributed by atoms with Crippen molar-refractivity contribution in [3.8, 4) is 11.5 Å². The van der Waals surface area contributed by atoms with Crippen molar-refractivity contribution in [2.75, 3.05) is 31.8 Å². The van der Waals surface area contributed by atoms with E-state index in [1.165, 1.54) is 4.90 Å². The van der Waals surface area contributed by atoms with E-state index < -0.39 is 0 Å². The van der Waals surface area contributed by atoms with Gasteiger partial charge in [-0.3, -0.25) is 14.5 Å². The first kappa shape index (κ1) is 20.3. The van der Waals surface area contributed by atoms with Crippen molar-refractivity contribution in [1.82, 2.24) is 4.90 Å². The van der Waals surface area contributed by atoms with Crippen LogP contribution in [0.1, 0.15) is 12.8 Å². The molecule has 0 N–H and O–H groups in total. The van der Waals surface area contributed by atoms with Crippen LogP contribution in [-0.4, -0.2) is 43.6 Å². The number of methoxy groups -OCH3 is 1. The van der Waals surface area contributed by atoms with Crippen molar-refractivity contribution in [1.29, 1.82) is 0 Å². The Bertz CT molecular complexity index is 858. The van der Waals surface area contributed by atoms with Crippen LogP contribution >= 0.6 is 23.2 Å². The molecule has 0 aromatic heterocycles. The molecular formula is C20H20Cl2N2O4. The number of hydrogen-bond acceptors (Lipinski definition) is 4. The summed E-state index contributed by atoms with van der Waals surface area (Å²) in [5, 5.41) is 0.807. The molecule has 2 amide bonds. The van der Waals surface area contributed by atoms with Gasteiger partial charge in [-0.25, -0.2) is 0 Å². The van der Waals surface area contributed by atoms with Crippen molar-refractivity contribution >= 4 is 40.7 Å². The summed E-state index contributed by atoms with van der Waals surface area (Å²) in [5.74, 6) is 0.785. The Morgan fingerprint density at radius 2 is 1.93 bits per heavy atom. The lowest BCUT2D eigenvalue weighted by Crippen LogP contribution is -2.44. The third-order valence-corrected chi connectivity index (χ3v) is 4.94. The second-order valence-electron chi connectivity index (χ2n) is 6.29. The topological polar surface area (TPSA) is 59.1 Å². The fourth-order valence-electron chi connectivity index (χ4n) is 2.90. The number of hydrogen-bond donors (Lipinski definition) is 0. The van der Waals surface area contributed by atoms with E-state index in [1.54, 1.807) is 54.5 Å². The molecule has 2 aromatic rings. The smallest absolute Gasteiger partial charge is 0.266 e. The van der Waals surface area contributed by atoms with E-state index in [0.29, 0.717) is 40.2 Å². The Balaban J connectivity index is 1.76. The van der Waals surface area contributed by atoms with Gasteiger partial charge in [-0.2, -0.15) is 0 Å². The molecule has 0 aliphatic carbocycles. The van der Waals surface area contributed by atoms with Crippen LogP contribution in [0, 0.1) is 0 Å². The minimum Gasteiger partial charge on any atom is -0.497 e. The number of halogens is 2. The van der Waals surface area contributed by atoms with Gasteiger partial charge in [0.2, 0.25) is 5.91 Å². The first-order chi connectivity index (χ1) is 13.5. The van der Waals surface area contributed by atoms with Gasteiger partial charge in [0.1, 0.15) is 18.2 Å². The van der Waals surface area contributed by atoms with E-state index in [-0.39, 0.29) is 25.1 Å². The predicted octanol–water partition coefficient (Wildman–Crippen LogP) is 3.99.